The molecule has 0 aromatic heterocycles. The van der Waals surface area contributed by atoms with Crippen molar-refractivity contribution in [1.82, 2.24) is 0 Å². The van der Waals surface area contributed by atoms with Crippen molar-refractivity contribution in [2.24, 2.45) is 15.5 Å². The van der Waals surface area contributed by atoms with E-state index in [1.165, 1.54) is 0 Å². The summed E-state index contributed by atoms with van der Waals surface area (Å²) in [5, 5.41) is 20.2. The second-order valence-electron chi connectivity index (χ2n) is 2.55. The summed E-state index contributed by atoms with van der Waals surface area (Å²) in [5.41, 5.74) is 0. The van der Waals surface area contributed by atoms with Crippen LogP contribution in [0.2, 0.25) is 0 Å². The van der Waals surface area contributed by atoms with Crippen LogP contribution in [0.25, 0.3) is 0 Å². The highest BCUT2D eigenvalue weighted by Gasteiger charge is 2.34. The number of quaternary nitrogens is 1. The van der Waals surface area contributed by atoms with Gasteiger partial charge in [0.25, 0.3) is 5.84 Å². The van der Waals surface area contributed by atoms with Crippen molar-refractivity contribution in [2.75, 3.05) is 7.05 Å². The summed E-state index contributed by atoms with van der Waals surface area (Å²) in [6.07, 6.45) is 4.82. The molecule has 2 rings (SSSR count). The van der Waals surface area contributed by atoms with Gasteiger partial charge in [-0.3, -0.25) is 0 Å². The van der Waals surface area contributed by atoms with Gasteiger partial charge in [0.05, 0.1) is 5.22 Å². The van der Waals surface area contributed by atoms with Crippen molar-refractivity contribution in [3.63, 3.8) is 0 Å². The quantitative estimate of drug-likeness (QED) is 0.518. The summed E-state index contributed by atoms with van der Waals surface area (Å²) in [4.78, 5) is 0. The summed E-state index contributed by atoms with van der Waals surface area (Å²) in [5.74, 6) is 0.898. The third-order valence-corrected chi connectivity index (χ3v) is 1.62. The third-order valence-electron chi connectivity index (χ3n) is 1.62. The Morgan fingerprint density at radius 1 is 1.45 bits per heavy atom. The summed E-state index contributed by atoms with van der Waals surface area (Å²) < 4.78 is 0.113. The molecule has 0 aromatic carbocycles. The third kappa shape index (κ3) is 0.779. The molecule has 2 aliphatic rings. The Morgan fingerprint density at radius 3 is 3.09 bits per heavy atom. The number of allylic oxidation sites excluding steroid dienone is 1. The number of aliphatic hydroxyl groups is 1. The predicted octanol–water partition coefficient (Wildman–Crippen LogP) is 1.10. The van der Waals surface area contributed by atoms with Crippen LogP contribution in [0.5, 0.6) is 0 Å². The number of nitrogens with zero attached hydrogens (tertiary/aromatic N) is 4. The van der Waals surface area contributed by atoms with E-state index in [9.17, 15) is 0 Å². The van der Waals surface area contributed by atoms with Crippen LogP contribution in [0.4, 0.5) is 0 Å². The topological polar surface area (TPSA) is 57.3 Å². The van der Waals surface area contributed by atoms with Gasteiger partial charge in [-0.25, -0.2) is 0 Å². The molecule has 5 heteroatoms. The fourth-order valence-electron chi connectivity index (χ4n) is 1.02. The number of aliphatic hydroxyl groups excluding tert-OH is 1. The predicted molar refractivity (Wildman–Crippen MR) is 38.3 cm³/mol. The minimum atomic E-state index is 0.113. The molecular weight excluding hydrogens is 144 g/mol. The lowest BCUT2D eigenvalue weighted by Crippen LogP contribution is -2.37. The van der Waals surface area contributed by atoms with E-state index >= 15 is 0 Å². The number of likely N-dealkylation sites (N-methyl/N-ethyl adjacent to an activating group) is 1. The lowest BCUT2D eigenvalue weighted by Gasteiger charge is -2.17. The molecule has 1 atom stereocenters. The molecule has 0 saturated carbocycles. The summed E-state index contributed by atoms with van der Waals surface area (Å²) in [6, 6.07) is 0. The van der Waals surface area contributed by atoms with Gasteiger partial charge in [-0.15, -0.1) is 4.59 Å². The fraction of sp³-hybridized carbons (Fsp3) is 0.167. The standard InChI is InChI=1S/C6H6N4O/c1-10-4-5(11)2-3-6(10)7-8-9-10/h2-4H,1H3/p+1. The SMILES string of the molecule is C[N+]12C=C(O)C=CC1=NN=N2. The molecule has 0 fully saturated rings. The van der Waals surface area contributed by atoms with E-state index in [0.717, 1.165) is 0 Å². The summed E-state index contributed by atoms with van der Waals surface area (Å²) in [6.45, 7) is 0. The highest BCUT2D eigenvalue weighted by molar-refractivity contribution is 5.88. The molecule has 2 heterocycles. The number of fused-ring (bicyclic) bond motifs is 1. The van der Waals surface area contributed by atoms with E-state index in [1.807, 2.05) is 0 Å². The first-order valence-corrected chi connectivity index (χ1v) is 3.18. The van der Waals surface area contributed by atoms with Gasteiger partial charge in [0, 0.05) is 11.3 Å². The Balaban J connectivity index is 2.51. The molecule has 0 aliphatic carbocycles. The van der Waals surface area contributed by atoms with Crippen molar-refractivity contribution in [3.05, 3.63) is 24.1 Å². The molecule has 56 valence electrons. The van der Waals surface area contributed by atoms with Crippen LogP contribution in [0, 0.1) is 0 Å². The number of hydrogen-bond acceptors (Lipinski definition) is 4. The molecule has 0 spiro atoms. The normalized spacial score (nSPS) is 33.2. The Hall–Kier alpha value is -1.49. The van der Waals surface area contributed by atoms with Crippen molar-refractivity contribution in [2.45, 2.75) is 0 Å². The Bertz CT molecular complexity index is 315. The van der Waals surface area contributed by atoms with Gasteiger partial charge in [-0.05, 0) is 6.08 Å². The van der Waals surface area contributed by atoms with E-state index in [1.54, 1.807) is 25.4 Å². The van der Waals surface area contributed by atoms with Crippen LogP contribution in [-0.2, 0) is 0 Å². The van der Waals surface area contributed by atoms with E-state index in [-0.39, 0.29) is 10.4 Å². The summed E-state index contributed by atoms with van der Waals surface area (Å²) >= 11 is 0. The number of amidine groups is 1. The average molecular weight is 151 g/mol. The molecule has 1 unspecified atom stereocenters. The molecule has 11 heavy (non-hydrogen) atoms. The van der Waals surface area contributed by atoms with E-state index < -0.39 is 0 Å². The van der Waals surface area contributed by atoms with Gasteiger partial charge in [-0.2, -0.15) is 0 Å². The second kappa shape index (κ2) is 1.76. The molecule has 0 bridgehead atoms. The van der Waals surface area contributed by atoms with Gasteiger partial charge in [0.2, 0.25) is 0 Å². The molecule has 0 aromatic rings. The zero-order valence-corrected chi connectivity index (χ0v) is 5.97. The first kappa shape index (κ1) is 6.23. The highest BCUT2D eigenvalue weighted by atomic mass is 16.3. The molecule has 0 radical (unpaired) electrons. The Labute approximate surface area is 63.2 Å². The maximum atomic E-state index is 9.12. The van der Waals surface area contributed by atoms with Crippen molar-refractivity contribution < 1.29 is 9.70 Å². The van der Waals surface area contributed by atoms with Crippen LogP contribution < -0.4 is 0 Å². The van der Waals surface area contributed by atoms with Crippen LogP contribution in [-0.4, -0.2) is 22.6 Å². The first-order valence-electron chi connectivity index (χ1n) is 3.18. The lowest BCUT2D eigenvalue weighted by atomic mass is 10.3. The molecule has 0 amide bonds. The van der Waals surface area contributed by atoms with Crippen LogP contribution in [0.15, 0.2) is 39.7 Å². The van der Waals surface area contributed by atoms with Gasteiger partial charge in [0.1, 0.15) is 7.05 Å². The van der Waals surface area contributed by atoms with E-state index in [2.05, 4.69) is 15.5 Å². The Morgan fingerprint density at radius 2 is 2.27 bits per heavy atom. The molecular formula is C6H7N4O+. The second-order valence-corrected chi connectivity index (χ2v) is 2.55. The van der Waals surface area contributed by atoms with Gasteiger partial charge >= 0.3 is 0 Å². The van der Waals surface area contributed by atoms with E-state index in [4.69, 9.17) is 5.11 Å². The van der Waals surface area contributed by atoms with Gasteiger partial charge in [-0.1, -0.05) is 5.10 Å². The van der Waals surface area contributed by atoms with E-state index in [0.29, 0.717) is 5.84 Å². The lowest BCUT2D eigenvalue weighted by molar-refractivity contribution is -0.774. The minimum absolute atomic E-state index is 0.113. The summed E-state index contributed by atoms with van der Waals surface area (Å²) in [7, 11) is 1.79. The monoisotopic (exact) mass is 151 g/mol. The minimum Gasteiger partial charge on any atom is -0.503 e. The smallest absolute Gasteiger partial charge is 0.281 e. The zero-order chi connectivity index (χ0) is 7.90. The van der Waals surface area contributed by atoms with Crippen molar-refractivity contribution in [3.8, 4) is 0 Å². The first-order chi connectivity index (χ1) is 5.21. The highest BCUT2D eigenvalue weighted by Crippen LogP contribution is 2.21. The van der Waals surface area contributed by atoms with Gasteiger partial charge in [0.15, 0.2) is 12.0 Å². The molecule has 5 nitrogen and oxygen atoms in total. The molecule has 0 saturated heterocycles. The fourth-order valence-corrected chi connectivity index (χ4v) is 1.02. The zero-order valence-electron chi connectivity index (χ0n) is 5.97. The van der Waals surface area contributed by atoms with Gasteiger partial charge < -0.3 is 5.11 Å². The largest absolute Gasteiger partial charge is 0.503 e. The molecule has 2 aliphatic heterocycles. The maximum Gasteiger partial charge on any atom is 0.281 e. The van der Waals surface area contributed by atoms with Crippen LogP contribution >= 0.6 is 0 Å². The number of rotatable bonds is 0. The van der Waals surface area contributed by atoms with Crippen LogP contribution in [0.3, 0.4) is 0 Å². The Kier molecular flexibility index (Phi) is 0.998. The number of hydrogen-bond donors (Lipinski definition) is 1. The molecule has 1 N–H and O–H groups in total. The maximum absolute atomic E-state index is 9.12. The van der Waals surface area contributed by atoms with Crippen molar-refractivity contribution >= 4 is 5.84 Å². The average Bonchev–Trinajstić information content (AvgIpc) is 2.28. The van der Waals surface area contributed by atoms with Crippen molar-refractivity contribution in [1.29, 1.82) is 0 Å². The van der Waals surface area contributed by atoms with Crippen LogP contribution in [0.1, 0.15) is 0 Å².